The number of aromatic nitrogens is 2. The van der Waals surface area contributed by atoms with Gasteiger partial charge in [0.25, 0.3) is 0 Å². The normalized spacial score (nSPS) is 21.5. The van der Waals surface area contributed by atoms with E-state index in [1.807, 2.05) is 6.20 Å². The Labute approximate surface area is 77.4 Å². The summed E-state index contributed by atoms with van der Waals surface area (Å²) in [6.07, 6.45) is 4.06. The van der Waals surface area contributed by atoms with Crippen LogP contribution in [-0.4, -0.2) is 27.3 Å². The van der Waals surface area contributed by atoms with Gasteiger partial charge in [0.05, 0.1) is 6.10 Å². The quantitative estimate of drug-likeness (QED) is 0.658. The topological polar surface area (TPSA) is 64.1 Å². The van der Waals surface area contributed by atoms with Crippen LogP contribution < -0.4 is 5.73 Å². The Morgan fingerprint density at radius 3 is 3.31 bits per heavy atom. The molecule has 2 heterocycles. The molecule has 0 aromatic carbocycles. The smallest absolute Gasteiger partial charge is 0.111 e. The van der Waals surface area contributed by atoms with E-state index in [1.165, 1.54) is 5.69 Å². The minimum atomic E-state index is -0.208. The summed E-state index contributed by atoms with van der Waals surface area (Å²) in [6, 6.07) is 0. The highest BCUT2D eigenvalue weighted by atomic mass is 16.3. The molecule has 0 bridgehead atoms. The monoisotopic (exact) mass is 181 g/mol. The molecular weight excluding hydrogens is 166 g/mol. The minimum Gasteiger partial charge on any atom is -0.393 e. The Bertz CT molecular complexity index is 282. The average Bonchev–Trinajstić information content (AvgIpc) is 2.49. The lowest BCUT2D eigenvalue weighted by Gasteiger charge is -2.20. The van der Waals surface area contributed by atoms with E-state index in [0.29, 0.717) is 13.0 Å². The molecule has 4 heteroatoms. The van der Waals surface area contributed by atoms with Gasteiger partial charge >= 0.3 is 0 Å². The maximum Gasteiger partial charge on any atom is 0.111 e. The van der Waals surface area contributed by atoms with Gasteiger partial charge in [0.15, 0.2) is 0 Å². The van der Waals surface area contributed by atoms with Gasteiger partial charge in [-0.1, -0.05) is 0 Å². The molecule has 0 aliphatic carbocycles. The number of aliphatic hydroxyl groups excluding tert-OH is 1. The third kappa shape index (κ3) is 1.59. The lowest BCUT2D eigenvalue weighted by Crippen LogP contribution is -2.24. The summed E-state index contributed by atoms with van der Waals surface area (Å²) in [5, 5.41) is 9.42. The number of hydrogen-bond acceptors (Lipinski definition) is 3. The molecule has 72 valence electrons. The Kier molecular flexibility index (Phi) is 2.33. The van der Waals surface area contributed by atoms with Crippen molar-refractivity contribution in [1.29, 1.82) is 0 Å². The number of rotatable bonds is 2. The molecule has 0 fully saturated rings. The van der Waals surface area contributed by atoms with Crippen molar-refractivity contribution in [3.05, 3.63) is 17.7 Å². The molecule has 1 aromatic heterocycles. The average molecular weight is 181 g/mol. The molecule has 0 amide bonds. The van der Waals surface area contributed by atoms with E-state index in [0.717, 1.165) is 25.2 Å². The molecular formula is C9H15N3O. The number of imidazole rings is 1. The number of aliphatic hydroxyl groups is 1. The van der Waals surface area contributed by atoms with Crippen LogP contribution in [0.1, 0.15) is 17.9 Å². The zero-order valence-corrected chi connectivity index (χ0v) is 7.61. The third-order valence-electron chi connectivity index (χ3n) is 2.53. The van der Waals surface area contributed by atoms with Crippen molar-refractivity contribution in [2.24, 2.45) is 5.73 Å². The van der Waals surface area contributed by atoms with E-state index in [4.69, 9.17) is 5.73 Å². The fourth-order valence-electron chi connectivity index (χ4n) is 1.83. The first-order valence-electron chi connectivity index (χ1n) is 4.72. The summed E-state index contributed by atoms with van der Waals surface area (Å²) < 4.78 is 2.18. The molecule has 1 aliphatic rings. The van der Waals surface area contributed by atoms with E-state index in [2.05, 4.69) is 9.55 Å². The van der Waals surface area contributed by atoms with Crippen LogP contribution in [0.4, 0.5) is 0 Å². The molecule has 3 N–H and O–H groups in total. The van der Waals surface area contributed by atoms with Gasteiger partial charge in [0.1, 0.15) is 5.82 Å². The van der Waals surface area contributed by atoms with E-state index in [-0.39, 0.29) is 6.10 Å². The highest BCUT2D eigenvalue weighted by Crippen LogP contribution is 2.16. The van der Waals surface area contributed by atoms with Crippen molar-refractivity contribution in [3.8, 4) is 0 Å². The van der Waals surface area contributed by atoms with E-state index >= 15 is 0 Å². The summed E-state index contributed by atoms with van der Waals surface area (Å²) in [4.78, 5) is 4.27. The predicted octanol–water partition coefficient (Wildman–Crippen LogP) is -0.309. The van der Waals surface area contributed by atoms with Crippen LogP contribution in [-0.2, 0) is 19.4 Å². The van der Waals surface area contributed by atoms with Gasteiger partial charge in [-0.05, 0) is 13.0 Å². The standard InChI is InChI=1S/C9H15N3O/c10-3-1-7-6-11-9-5-8(13)2-4-12(7)9/h6,8,13H,1-5,10H2. The molecule has 1 aliphatic heterocycles. The zero-order valence-electron chi connectivity index (χ0n) is 7.61. The van der Waals surface area contributed by atoms with E-state index in [9.17, 15) is 5.11 Å². The Morgan fingerprint density at radius 1 is 1.69 bits per heavy atom. The van der Waals surface area contributed by atoms with E-state index in [1.54, 1.807) is 0 Å². The van der Waals surface area contributed by atoms with Crippen molar-refractivity contribution in [3.63, 3.8) is 0 Å². The van der Waals surface area contributed by atoms with Gasteiger partial charge in [-0.2, -0.15) is 0 Å². The number of fused-ring (bicyclic) bond motifs is 1. The number of nitrogens with zero attached hydrogens (tertiary/aromatic N) is 2. The second kappa shape index (κ2) is 3.47. The van der Waals surface area contributed by atoms with Gasteiger partial charge in [-0.3, -0.25) is 0 Å². The Balaban J connectivity index is 2.23. The van der Waals surface area contributed by atoms with Gasteiger partial charge in [-0.15, -0.1) is 0 Å². The molecule has 0 saturated carbocycles. The predicted molar refractivity (Wildman–Crippen MR) is 49.3 cm³/mol. The first-order chi connectivity index (χ1) is 6.31. The van der Waals surface area contributed by atoms with Gasteiger partial charge < -0.3 is 15.4 Å². The van der Waals surface area contributed by atoms with Crippen molar-refractivity contribution in [2.45, 2.75) is 31.9 Å². The summed E-state index contributed by atoms with van der Waals surface area (Å²) >= 11 is 0. The van der Waals surface area contributed by atoms with Crippen molar-refractivity contribution in [1.82, 2.24) is 9.55 Å². The van der Waals surface area contributed by atoms with Gasteiger partial charge in [-0.25, -0.2) is 4.98 Å². The van der Waals surface area contributed by atoms with Crippen LogP contribution in [0.5, 0.6) is 0 Å². The Morgan fingerprint density at radius 2 is 2.54 bits per heavy atom. The summed E-state index contributed by atoms with van der Waals surface area (Å²) in [5.74, 6) is 1.00. The fourth-order valence-corrected chi connectivity index (χ4v) is 1.83. The van der Waals surface area contributed by atoms with Crippen LogP contribution in [0.15, 0.2) is 6.20 Å². The molecule has 0 radical (unpaired) electrons. The van der Waals surface area contributed by atoms with Crippen LogP contribution in [0.3, 0.4) is 0 Å². The summed E-state index contributed by atoms with van der Waals surface area (Å²) in [6.45, 7) is 1.54. The molecule has 0 spiro atoms. The maximum absolute atomic E-state index is 9.42. The largest absolute Gasteiger partial charge is 0.393 e. The van der Waals surface area contributed by atoms with Crippen LogP contribution in [0, 0.1) is 0 Å². The second-order valence-electron chi connectivity index (χ2n) is 3.50. The fraction of sp³-hybridized carbons (Fsp3) is 0.667. The molecule has 0 saturated heterocycles. The first-order valence-corrected chi connectivity index (χ1v) is 4.72. The molecule has 1 unspecified atom stereocenters. The van der Waals surface area contributed by atoms with Gasteiger partial charge in [0, 0.05) is 31.3 Å². The van der Waals surface area contributed by atoms with Crippen LogP contribution >= 0.6 is 0 Å². The first kappa shape index (κ1) is 8.72. The second-order valence-corrected chi connectivity index (χ2v) is 3.50. The highest BCUT2D eigenvalue weighted by molar-refractivity contribution is 5.09. The molecule has 1 aromatic rings. The van der Waals surface area contributed by atoms with E-state index < -0.39 is 0 Å². The van der Waals surface area contributed by atoms with Crippen molar-refractivity contribution >= 4 is 0 Å². The summed E-state index contributed by atoms with van der Waals surface area (Å²) in [5.41, 5.74) is 6.69. The molecule has 2 rings (SSSR count). The van der Waals surface area contributed by atoms with Crippen molar-refractivity contribution < 1.29 is 5.11 Å². The zero-order chi connectivity index (χ0) is 9.26. The number of hydrogen-bond donors (Lipinski definition) is 2. The maximum atomic E-state index is 9.42. The highest BCUT2D eigenvalue weighted by Gasteiger charge is 2.19. The molecule has 1 atom stereocenters. The number of nitrogens with two attached hydrogens (primary N) is 1. The lowest BCUT2D eigenvalue weighted by molar-refractivity contribution is 0.141. The lowest BCUT2D eigenvalue weighted by atomic mass is 10.1. The van der Waals surface area contributed by atoms with Crippen LogP contribution in [0.2, 0.25) is 0 Å². The SMILES string of the molecule is NCCc1cnc2n1CCC(O)C2. The third-order valence-corrected chi connectivity index (χ3v) is 2.53. The van der Waals surface area contributed by atoms with Gasteiger partial charge in [0.2, 0.25) is 0 Å². The molecule has 13 heavy (non-hydrogen) atoms. The van der Waals surface area contributed by atoms with Crippen molar-refractivity contribution in [2.75, 3.05) is 6.54 Å². The Hall–Kier alpha value is -0.870. The minimum absolute atomic E-state index is 0.208. The van der Waals surface area contributed by atoms with Crippen LogP contribution in [0.25, 0.3) is 0 Å². The molecule has 4 nitrogen and oxygen atoms in total. The summed E-state index contributed by atoms with van der Waals surface area (Å²) in [7, 11) is 0.